The maximum absolute atomic E-state index is 11.8. The topological polar surface area (TPSA) is 17.1 Å². The predicted molar refractivity (Wildman–Crippen MR) is 77.4 cm³/mol. The summed E-state index contributed by atoms with van der Waals surface area (Å²) < 4.78 is 0. The minimum absolute atomic E-state index is 0.209. The largest absolute Gasteiger partial charge is 0.285 e. The molecule has 0 radical (unpaired) electrons. The zero-order chi connectivity index (χ0) is 13.1. The summed E-state index contributed by atoms with van der Waals surface area (Å²) in [5.41, 5.74) is 0. The van der Waals surface area contributed by atoms with Gasteiger partial charge >= 0.3 is 0 Å². The van der Waals surface area contributed by atoms with Gasteiger partial charge in [-0.2, -0.15) is 0 Å². The number of hydrogen-bond acceptors (Lipinski definition) is 1. The molecule has 1 aliphatic rings. The molecule has 1 heteroatoms. The van der Waals surface area contributed by atoms with Gasteiger partial charge in [-0.05, 0) is 25.2 Å². The molecule has 0 aromatic carbocycles. The first-order valence-electron chi connectivity index (χ1n) is 7.87. The van der Waals surface area contributed by atoms with Crippen molar-refractivity contribution in [3.05, 3.63) is 0 Å². The lowest BCUT2D eigenvalue weighted by Gasteiger charge is -2.17. The van der Waals surface area contributed by atoms with Gasteiger partial charge in [-0.3, -0.25) is 4.79 Å². The van der Waals surface area contributed by atoms with E-state index in [0.29, 0.717) is 0 Å². The Morgan fingerprint density at radius 2 is 1.67 bits per heavy atom. The minimum atomic E-state index is 0.209. The van der Waals surface area contributed by atoms with E-state index in [2.05, 4.69) is 18.8 Å². The van der Waals surface area contributed by atoms with Gasteiger partial charge in [0.15, 0.2) is 0 Å². The van der Waals surface area contributed by atoms with Crippen LogP contribution in [0.3, 0.4) is 0 Å². The maximum atomic E-state index is 11.8. The van der Waals surface area contributed by atoms with Crippen molar-refractivity contribution in [2.24, 2.45) is 5.92 Å². The first-order valence-corrected chi connectivity index (χ1v) is 7.87. The van der Waals surface area contributed by atoms with Gasteiger partial charge in [0.05, 0.1) is 0 Å². The fourth-order valence-electron chi connectivity index (χ4n) is 2.61. The van der Waals surface area contributed by atoms with Crippen LogP contribution in [0.5, 0.6) is 0 Å². The molecule has 0 saturated heterocycles. The molecule has 1 saturated carbocycles. The Bertz CT molecular complexity index is 276. The fraction of sp³-hybridized carbons (Fsp3) is 0.824. The van der Waals surface area contributed by atoms with Gasteiger partial charge in [0.25, 0.3) is 0 Å². The van der Waals surface area contributed by atoms with Crippen LogP contribution in [0.15, 0.2) is 0 Å². The summed E-state index contributed by atoms with van der Waals surface area (Å²) >= 11 is 0. The van der Waals surface area contributed by atoms with E-state index in [1.54, 1.807) is 0 Å². The van der Waals surface area contributed by atoms with Crippen LogP contribution in [0.2, 0.25) is 0 Å². The minimum Gasteiger partial charge on any atom is -0.285 e. The van der Waals surface area contributed by atoms with Gasteiger partial charge in [0, 0.05) is 12.3 Å². The van der Waals surface area contributed by atoms with E-state index in [9.17, 15) is 4.79 Å². The van der Waals surface area contributed by atoms with Gasteiger partial charge < -0.3 is 0 Å². The van der Waals surface area contributed by atoms with Crippen molar-refractivity contribution < 1.29 is 4.79 Å². The lowest BCUT2D eigenvalue weighted by Crippen LogP contribution is -2.15. The molecule has 0 amide bonds. The summed E-state index contributed by atoms with van der Waals surface area (Å²) in [6.07, 6.45) is 14.6. The molecule has 0 unspecified atom stereocenters. The molecule has 102 valence electrons. The molecule has 1 aliphatic carbocycles. The highest BCUT2D eigenvalue weighted by atomic mass is 16.1. The van der Waals surface area contributed by atoms with Crippen LogP contribution >= 0.6 is 0 Å². The van der Waals surface area contributed by atoms with Crippen LogP contribution in [0, 0.1) is 17.8 Å². The molecule has 0 bridgehead atoms. The molecule has 0 N–H and O–H groups in total. The summed E-state index contributed by atoms with van der Waals surface area (Å²) in [6, 6.07) is 0. The monoisotopic (exact) mass is 248 g/mol. The van der Waals surface area contributed by atoms with Crippen molar-refractivity contribution >= 4 is 5.78 Å². The Kier molecular flexibility index (Phi) is 8.65. The van der Waals surface area contributed by atoms with E-state index in [4.69, 9.17) is 0 Å². The third-order valence-corrected chi connectivity index (χ3v) is 3.84. The van der Waals surface area contributed by atoms with Gasteiger partial charge in [0.2, 0.25) is 5.78 Å². The molecule has 1 nitrogen and oxygen atoms in total. The second kappa shape index (κ2) is 10.2. The highest BCUT2D eigenvalue weighted by Gasteiger charge is 2.18. The second-order valence-corrected chi connectivity index (χ2v) is 5.52. The number of ketones is 1. The van der Waals surface area contributed by atoms with E-state index in [1.165, 1.54) is 51.4 Å². The summed E-state index contributed by atoms with van der Waals surface area (Å²) in [7, 11) is 0. The van der Waals surface area contributed by atoms with E-state index in [0.717, 1.165) is 25.7 Å². The third-order valence-electron chi connectivity index (χ3n) is 3.84. The van der Waals surface area contributed by atoms with Crippen molar-refractivity contribution in [1.82, 2.24) is 0 Å². The first kappa shape index (κ1) is 15.3. The van der Waals surface area contributed by atoms with E-state index in [-0.39, 0.29) is 11.7 Å². The third kappa shape index (κ3) is 6.84. The molecular formula is C17H28O. The SMILES string of the molecule is CCCCCCCCC#CC(=O)C1CCCCC1. The molecule has 0 atom stereocenters. The average molecular weight is 248 g/mol. The molecule has 0 heterocycles. The highest BCUT2D eigenvalue weighted by molar-refractivity contribution is 5.97. The first-order chi connectivity index (χ1) is 8.84. The van der Waals surface area contributed by atoms with Gasteiger partial charge in [-0.15, -0.1) is 0 Å². The molecule has 18 heavy (non-hydrogen) atoms. The lowest BCUT2D eigenvalue weighted by molar-refractivity contribution is -0.118. The molecule has 0 aromatic heterocycles. The van der Waals surface area contributed by atoms with E-state index in [1.807, 2.05) is 0 Å². The Morgan fingerprint density at radius 3 is 2.39 bits per heavy atom. The quantitative estimate of drug-likeness (QED) is 0.356. The normalized spacial score (nSPS) is 16.1. The molecular weight excluding hydrogens is 220 g/mol. The predicted octanol–water partition coefficient (Wildman–Crippen LogP) is 4.89. The number of rotatable bonds is 7. The van der Waals surface area contributed by atoms with Crippen LogP contribution < -0.4 is 0 Å². The van der Waals surface area contributed by atoms with Crippen molar-refractivity contribution in [2.75, 3.05) is 0 Å². The van der Waals surface area contributed by atoms with Crippen molar-refractivity contribution in [3.63, 3.8) is 0 Å². The Balaban J connectivity index is 2.03. The molecule has 1 rings (SSSR count). The molecule has 0 spiro atoms. The molecule has 0 aliphatic heterocycles. The van der Waals surface area contributed by atoms with E-state index < -0.39 is 0 Å². The number of unbranched alkanes of at least 4 members (excludes halogenated alkanes) is 6. The van der Waals surface area contributed by atoms with Crippen molar-refractivity contribution in [1.29, 1.82) is 0 Å². The Hall–Kier alpha value is -0.770. The summed E-state index contributed by atoms with van der Waals surface area (Å²) in [6.45, 7) is 2.24. The van der Waals surface area contributed by atoms with Gasteiger partial charge in [-0.1, -0.05) is 64.2 Å². The van der Waals surface area contributed by atoms with Gasteiger partial charge in [-0.25, -0.2) is 0 Å². The van der Waals surface area contributed by atoms with Crippen LogP contribution in [0.4, 0.5) is 0 Å². The Morgan fingerprint density at radius 1 is 1.00 bits per heavy atom. The number of Topliss-reactive ketones (excluding diaryl/α,β-unsaturated/α-hetero) is 1. The summed E-state index contributed by atoms with van der Waals surface area (Å²) in [5, 5.41) is 0. The average Bonchev–Trinajstić information content (AvgIpc) is 2.42. The second-order valence-electron chi connectivity index (χ2n) is 5.52. The van der Waals surface area contributed by atoms with Crippen LogP contribution in [0.1, 0.15) is 84.0 Å². The smallest absolute Gasteiger partial charge is 0.208 e. The van der Waals surface area contributed by atoms with Crippen LogP contribution in [0.25, 0.3) is 0 Å². The number of hydrogen-bond donors (Lipinski definition) is 0. The molecule has 0 aromatic rings. The standard InChI is InChI=1S/C17H28O/c1-2-3-4-5-6-7-8-12-15-17(18)16-13-10-9-11-14-16/h16H,2-11,13-14H2,1H3. The fourth-order valence-corrected chi connectivity index (χ4v) is 2.61. The number of carbonyl (C=O) groups excluding carboxylic acids is 1. The van der Waals surface area contributed by atoms with Crippen LogP contribution in [-0.2, 0) is 4.79 Å². The van der Waals surface area contributed by atoms with E-state index >= 15 is 0 Å². The summed E-state index contributed by atoms with van der Waals surface area (Å²) in [5.74, 6) is 6.41. The van der Waals surface area contributed by atoms with Crippen molar-refractivity contribution in [2.45, 2.75) is 84.0 Å². The van der Waals surface area contributed by atoms with Crippen molar-refractivity contribution in [3.8, 4) is 11.8 Å². The zero-order valence-corrected chi connectivity index (χ0v) is 12.0. The summed E-state index contributed by atoms with van der Waals surface area (Å²) in [4.78, 5) is 11.8. The number of carbonyl (C=O) groups is 1. The maximum Gasteiger partial charge on any atom is 0.208 e. The lowest BCUT2D eigenvalue weighted by atomic mass is 9.86. The highest BCUT2D eigenvalue weighted by Crippen LogP contribution is 2.23. The molecule has 1 fully saturated rings. The van der Waals surface area contributed by atoms with Gasteiger partial charge in [0.1, 0.15) is 0 Å². The zero-order valence-electron chi connectivity index (χ0n) is 12.0. The Labute approximate surface area is 113 Å². The van der Waals surface area contributed by atoms with Crippen LogP contribution in [-0.4, -0.2) is 5.78 Å².